The summed E-state index contributed by atoms with van der Waals surface area (Å²) in [4.78, 5) is 21.8. The van der Waals surface area contributed by atoms with Crippen LogP contribution in [0.3, 0.4) is 0 Å². The molecule has 0 spiro atoms. The Morgan fingerprint density at radius 3 is 2.47 bits per heavy atom. The van der Waals surface area contributed by atoms with Crippen molar-refractivity contribution in [3.8, 4) is 0 Å². The highest BCUT2D eigenvalue weighted by molar-refractivity contribution is 5.56. The van der Waals surface area contributed by atoms with Gasteiger partial charge in [0.25, 0.3) is 0 Å². The molecule has 4 heteroatoms. The number of nitro groups is 1. The van der Waals surface area contributed by atoms with Gasteiger partial charge in [-0.05, 0) is 12.0 Å². The quantitative estimate of drug-likeness (QED) is 0.297. The molecule has 1 aromatic rings. The molecular formula is C15H21NO3. The van der Waals surface area contributed by atoms with E-state index in [-0.39, 0.29) is 23.3 Å². The number of hydrogen-bond acceptors (Lipinski definition) is 3. The molecule has 0 heterocycles. The van der Waals surface area contributed by atoms with Crippen molar-refractivity contribution in [1.82, 2.24) is 0 Å². The van der Waals surface area contributed by atoms with Gasteiger partial charge in [-0.15, -0.1) is 0 Å². The molecule has 19 heavy (non-hydrogen) atoms. The van der Waals surface area contributed by atoms with Crippen molar-refractivity contribution in [2.75, 3.05) is 6.54 Å². The molecule has 0 radical (unpaired) electrons. The third kappa shape index (κ3) is 5.20. The van der Waals surface area contributed by atoms with Crippen LogP contribution in [0.25, 0.3) is 0 Å². The van der Waals surface area contributed by atoms with E-state index in [1.54, 1.807) is 0 Å². The Hall–Kier alpha value is -1.71. The van der Waals surface area contributed by atoms with Crippen LogP contribution in [-0.4, -0.2) is 17.8 Å². The van der Waals surface area contributed by atoms with Crippen molar-refractivity contribution in [1.29, 1.82) is 0 Å². The Balaban J connectivity index is 2.81. The lowest BCUT2D eigenvalue weighted by atomic mass is 9.83. The highest BCUT2D eigenvalue weighted by Gasteiger charge is 2.27. The lowest BCUT2D eigenvalue weighted by molar-refractivity contribution is -0.484. The number of hydrogen-bond donors (Lipinski definition) is 0. The molecule has 0 aromatic heterocycles. The summed E-state index contributed by atoms with van der Waals surface area (Å²) in [5, 5.41) is 10.8. The van der Waals surface area contributed by atoms with Crippen LogP contribution in [-0.2, 0) is 4.79 Å². The highest BCUT2D eigenvalue weighted by Crippen LogP contribution is 2.27. The van der Waals surface area contributed by atoms with Crippen LogP contribution < -0.4 is 0 Å². The van der Waals surface area contributed by atoms with Crippen molar-refractivity contribution >= 4 is 6.29 Å². The first kappa shape index (κ1) is 15.3. The summed E-state index contributed by atoms with van der Waals surface area (Å²) in [7, 11) is 0. The van der Waals surface area contributed by atoms with Crippen LogP contribution in [0.4, 0.5) is 0 Å². The lowest BCUT2D eigenvalue weighted by Gasteiger charge is -2.19. The van der Waals surface area contributed by atoms with E-state index in [4.69, 9.17) is 0 Å². The van der Waals surface area contributed by atoms with E-state index in [0.29, 0.717) is 0 Å². The summed E-state index contributed by atoms with van der Waals surface area (Å²) in [5.41, 5.74) is 0.882. The van der Waals surface area contributed by atoms with E-state index >= 15 is 0 Å². The fraction of sp³-hybridized carbons (Fsp3) is 0.533. The first-order valence-electron chi connectivity index (χ1n) is 6.81. The molecule has 0 bridgehead atoms. The van der Waals surface area contributed by atoms with Gasteiger partial charge in [-0.1, -0.05) is 56.5 Å². The van der Waals surface area contributed by atoms with Gasteiger partial charge >= 0.3 is 0 Å². The third-order valence-corrected chi connectivity index (χ3v) is 3.41. The summed E-state index contributed by atoms with van der Waals surface area (Å²) < 4.78 is 0. The minimum atomic E-state index is -0.325. The summed E-state index contributed by atoms with van der Waals surface area (Å²) in [5.74, 6) is -0.579. The number of benzene rings is 1. The number of nitrogens with zero attached hydrogens (tertiary/aromatic N) is 1. The molecule has 1 aromatic carbocycles. The SMILES string of the molecule is CCCCC[C@@H](C=O)[C@H](C[N+](=O)[O-])c1ccccc1. The second-order valence-electron chi connectivity index (χ2n) is 4.83. The molecule has 0 unspecified atom stereocenters. The van der Waals surface area contributed by atoms with Gasteiger partial charge in [0.15, 0.2) is 0 Å². The maximum atomic E-state index is 11.3. The van der Waals surface area contributed by atoms with Crippen LogP contribution in [0.1, 0.15) is 44.1 Å². The maximum Gasteiger partial charge on any atom is 0.211 e. The van der Waals surface area contributed by atoms with Crippen molar-refractivity contribution in [2.45, 2.75) is 38.5 Å². The van der Waals surface area contributed by atoms with E-state index in [1.807, 2.05) is 30.3 Å². The topological polar surface area (TPSA) is 60.2 Å². The molecule has 104 valence electrons. The van der Waals surface area contributed by atoms with E-state index in [1.165, 1.54) is 0 Å². The Labute approximate surface area is 114 Å². The van der Waals surface area contributed by atoms with Crippen molar-refractivity contribution in [2.24, 2.45) is 5.92 Å². The van der Waals surface area contributed by atoms with Crippen LogP contribution in [0.5, 0.6) is 0 Å². The summed E-state index contributed by atoms with van der Waals surface area (Å²) in [6.07, 6.45) is 4.70. The third-order valence-electron chi connectivity index (χ3n) is 3.41. The normalized spacial score (nSPS) is 13.7. The molecule has 1 rings (SSSR count). The van der Waals surface area contributed by atoms with Gasteiger partial charge in [-0.25, -0.2) is 0 Å². The van der Waals surface area contributed by atoms with Gasteiger partial charge in [0.1, 0.15) is 6.29 Å². The van der Waals surface area contributed by atoms with Gasteiger partial charge in [0.05, 0.1) is 5.92 Å². The molecule has 4 nitrogen and oxygen atoms in total. The van der Waals surface area contributed by atoms with Crippen molar-refractivity contribution < 1.29 is 9.72 Å². The average Bonchev–Trinajstić information content (AvgIpc) is 2.42. The first-order valence-corrected chi connectivity index (χ1v) is 6.81. The molecule has 2 atom stereocenters. The Morgan fingerprint density at radius 2 is 1.95 bits per heavy atom. The number of carbonyl (C=O) groups is 1. The number of unbranched alkanes of at least 4 members (excludes halogenated alkanes) is 2. The predicted molar refractivity (Wildman–Crippen MR) is 74.7 cm³/mol. The number of aldehydes is 1. The molecule has 0 fully saturated rings. The molecule has 0 aliphatic heterocycles. The van der Waals surface area contributed by atoms with E-state index in [0.717, 1.165) is 37.5 Å². The zero-order valence-electron chi connectivity index (χ0n) is 11.3. The summed E-state index contributed by atoms with van der Waals surface area (Å²) >= 11 is 0. The standard InChI is InChI=1S/C15H21NO3/c1-2-3-5-10-14(12-17)15(11-16(18)19)13-8-6-4-7-9-13/h4,6-9,12,14-15H,2-3,5,10-11H2,1H3/t14-,15+/m0/s1. The smallest absolute Gasteiger partial charge is 0.211 e. The van der Waals surface area contributed by atoms with Gasteiger partial charge in [0, 0.05) is 10.8 Å². The summed E-state index contributed by atoms with van der Waals surface area (Å²) in [6, 6.07) is 9.32. The lowest BCUT2D eigenvalue weighted by Crippen LogP contribution is -2.22. The molecular weight excluding hydrogens is 242 g/mol. The van der Waals surface area contributed by atoms with Crippen LogP contribution in [0, 0.1) is 16.0 Å². The van der Waals surface area contributed by atoms with Crippen molar-refractivity contribution in [3.63, 3.8) is 0 Å². The minimum absolute atomic E-state index is 0.181. The Kier molecular flexibility index (Phi) is 6.79. The average molecular weight is 263 g/mol. The predicted octanol–water partition coefficient (Wildman–Crippen LogP) is 3.44. The first-order chi connectivity index (χ1) is 9.19. The zero-order valence-corrected chi connectivity index (χ0v) is 11.3. The van der Waals surface area contributed by atoms with Crippen LogP contribution in [0.15, 0.2) is 30.3 Å². The van der Waals surface area contributed by atoms with Gasteiger partial charge in [0.2, 0.25) is 6.54 Å². The van der Waals surface area contributed by atoms with Crippen LogP contribution >= 0.6 is 0 Å². The van der Waals surface area contributed by atoms with Gasteiger partial charge in [-0.2, -0.15) is 0 Å². The second kappa shape index (κ2) is 8.40. The van der Waals surface area contributed by atoms with Gasteiger partial charge < -0.3 is 4.79 Å². The fourth-order valence-corrected chi connectivity index (χ4v) is 2.34. The van der Waals surface area contributed by atoms with E-state index in [9.17, 15) is 14.9 Å². The van der Waals surface area contributed by atoms with Crippen LogP contribution in [0.2, 0.25) is 0 Å². The molecule has 0 saturated heterocycles. The van der Waals surface area contributed by atoms with Crippen molar-refractivity contribution in [3.05, 3.63) is 46.0 Å². The minimum Gasteiger partial charge on any atom is -0.303 e. The Bertz CT molecular complexity index is 392. The highest BCUT2D eigenvalue weighted by atomic mass is 16.6. The van der Waals surface area contributed by atoms with E-state index in [2.05, 4.69) is 6.92 Å². The van der Waals surface area contributed by atoms with E-state index < -0.39 is 0 Å². The van der Waals surface area contributed by atoms with Gasteiger partial charge in [-0.3, -0.25) is 10.1 Å². The molecule has 0 aliphatic carbocycles. The maximum absolute atomic E-state index is 11.3. The largest absolute Gasteiger partial charge is 0.303 e. The molecule has 0 N–H and O–H groups in total. The molecule has 0 aliphatic rings. The number of rotatable bonds is 9. The monoisotopic (exact) mass is 263 g/mol. The molecule has 0 saturated carbocycles. The zero-order chi connectivity index (χ0) is 14.1. The fourth-order valence-electron chi connectivity index (χ4n) is 2.34. The number of carbonyl (C=O) groups excluding carboxylic acids is 1. The summed E-state index contributed by atoms with van der Waals surface area (Å²) in [6.45, 7) is 1.92. The second-order valence-corrected chi connectivity index (χ2v) is 4.83. The Morgan fingerprint density at radius 1 is 1.26 bits per heavy atom. The molecule has 0 amide bonds.